The minimum Gasteiger partial charge on any atom is -0.366 e. The topological polar surface area (TPSA) is 63.8 Å². The van der Waals surface area contributed by atoms with Crippen LogP contribution in [0.25, 0.3) is 0 Å². The summed E-state index contributed by atoms with van der Waals surface area (Å²) in [5, 5.41) is 2.63. The molecule has 11 heteroatoms. The van der Waals surface area contributed by atoms with Gasteiger partial charge in [-0.3, -0.25) is 4.79 Å². The van der Waals surface area contributed by atoms with Crippen molar-refractivity contribution in [3.8, 4) is 0 Å². The lowest BCUT2D eigenvalue weighted by Crippen LogP contribution is -2.47. The molecule has 0 spiro atoms. The van der Waals surface area contributed by atoms with E-state index in [2.05, 4.69) is 15.3 Å². The van der Waals surface area contributed by atoms with Gasteiger partial charge in [0.25, 0.3) is 5.91 Å². The van der Waals surface area contributed by atoms with E-state index >= 15 is 4.39 Å². The number of fused-ring (bicyclic) bond motifs is 1. The van der Waals surface area contributed by atoms with Gasteiger partial charge in [-0.2, -0.15) is 17.7 Å². The Bertz CT molecular complexity index is 1630. The highest BCUT2D eigenvalue weighted by molar-refractivity contribution is 6.00. The van der Waals surface area contributed by atoms with Crippen LogP contribution in [0.5, 0.6) is 0 Å². The van der Waals surface area contributed by atoms with E-state index in [1.807, 2.05) is 4.90 Å². The molecule has 0 radical (unpaired) electrons. The summed E-state index contributed by atoms with van der Waals surface area (Å²) >= 11 is 0. The lowest BCUT2D eigenvalue weighted by molar-refractivity contribution is -0.337. The summed E-state index contributed by atoms with van der Waals surface area (Å²) in [5.74, 6) is -0.961. The summed E-state index contributed by atoms with van der Waals surface area (Å²) in [6.07, 6.45) is -5.80. The average molecular weight is 534 g/mol. The number of anilines is 2. The number of nitrogens with one attached hydrogen (secondary N) is 1. The fraction of sp³-hybridized carbons (Fsp3) is 0.333. The number of rotatable bonds is 5. The Labute approximate surface area is 225 Å². The molecule has 5 rings (SSSR count). The molecule has 7 nitrogen and oxygen atoms in total. The second kappa shape index (κ2) is 10.0. The summed E-state index contributed by atoms with van der Waals surface area (Å²) < 4.78 is 102. The van der Waals surface area contributed by atoms with Crippen molar-refractivity contribution in [2.45, 2.75) is 32.9 Å². The van der Waals surface area contributed by atoms with Gasteiger partial charge in [-0.15, -0.1) is 0 Å². The zero-order valence-electron chi connectivity index (χ0n) is 26.2. The normalized spacial score (nSPS) is 22.8. The van der Waals surface area contributed by atoms with Gasteiger partial charge in [-0.25, -0.2) is 9.37 Å². The van der Waals surface area contributed by atoms with Crippen molar-refractivity contribution in [3.63, 3.8) is 0 Å². The van der Waals surface area contributed by atoms with Crippen molar-refractivity contribution >= 4 is 29.4 Å². The maximum Gasteiger partial charge on any atom is 0.417 e. The van der Waals surface area contributed by atoms with Crippen molar-refractivity contribution < 1.29 is 35.2 Å². The monoisotopic (exact) mass is 533 g/mol. The standard InChI is InChI=1S/C27H26F4N6O/c1-17-3-7-24-34-18(2)25(37(24)16-17)26(38)33-14-19-4-6-22(21(28)13-19)35-9-11-36(12-10-35)23-8-5-20(15-32-23)27(29,30)31/h3-6,8,13,15-16H,7,9-12,14H2,1-2H3/p+1/i1D3,3D,7D,16D. The van der Waals surface area contributed by atoms with E-state index in [-0.39, 0.29) is 23.8 Å². The smallest absolute Gasteiger partial charge is 0.366 e. The third-order valence-electron chi connectivity index (χ3n) is 6.35. The summed E-state index contributed by atoms with van der Waals surface area (Å²) in [6.45, 7) is 0.155. The van der Waals surface area contributed by atoms with Crippen molar-refractivity contribution in [1.29, 1.82) is 0 Å². The van der Waals surface area contributed by atoms with E-state index in [4.69, 9.17) is 8.22 Å². The first-order valence-corrected chi connectivity index (χ1v) is 11.7. The van der Waals surface area contributed by atoms with E-state index in [0.29, 0.717) is 43.2 Å². The number of pyridine rings is 1. The van der Waals surface area contributed by atoms with Gasteiger partial charge in [0.1, 0.15) is 13.0 Å². The number of benzene rings is 1. The SMILES string of the molecule is [2H]C1=C(C([2H])([2H])[2H])C([2H])=[N+]2C(=NC(C)=C2C(=O)NCc2ccc(N3CCN(c4ccc(C(F)(F)F)cn4)CC3)c(F)c2)C1[2H]. The second-order valence-corrected chi connectivity index (χ2v) is 8.86. The number of aromatic nitrogens is 1. The van der Waals surface area contributed by atoms with Crippen LogP contribution < -0.4 is 15.1 Å². The first kappa shape index (κ1) is 19.1. The molecule has 38 heavy (non-hydrogen) atoms. The van der Waals surface area contributed by atoms with Gasteiger partial charge in [-0.1, -0.05) is 12.1 Å². The zero-order valence-corrected chi connectivity index (χ0v) is 20.2. The molecule has 4 heterocycles. The molecule has 1 atom stereocenters. The second-order valence-electron chi connectivity index (χ2n) is 8.86. The maximum absolute atomic E-state index is 15.2. The van der Waals surface area contributed by atoms with Crippen LogP contribution in [-0.2, 0) is 17.5 Å². The summed E-state index contributed by atoms with van der Waals surface area (Å²) in [5.41, 5.74) is -0.716. The molecule has 0 aliphatic carbocycles. The number of allylic oxidation sites excluding steroid dienone is 2. The molecule has 1 fully saturated rings. The van der Waals surface area contributed by atoms with Crippen LogP contribution in [0, 0.1) is 5.82 Å². The van der Waals surface area contributed by atoms with Gasteiger partial charge in [0, 0.05) is 51.3 Å². The van der Waals surface area contributed by atoms with Crippen LogP contribution in [0.4, 0.5) is 29.1 Å². The summed E-state index contributed by atoms with van der Waals surface area (Å²) in [7, 11) is 0. The van der Waals surface area contributed by atoms with Gasteiger partial charge >= 0.3 is 12.0 Å². The van der Waals surface area contributed by atoms with Gasteiger partial charge < -0.3 is 15.1 Å². The molecule has 1 aromatic carbocycles. The highest BCUT2D eigenvalue weighted by Crippen LogP contribution is 2.30. The number of amidine groups is 1. The summed E-state index contributed by atoms with van der Waals surface area (Å²) in [4.78, 5) is 24.9. The molecule has 1 unspecified atom stereocenters. The van der Waals surface area contributed by atoms with Gasteiger partial charge in [0.2, 0.25) is 11.4 Å². The highest BCUT2D eigenvalue weighted by Gasteiger charge is 2.36. The number of hydrogen-bond donors (Lipinski definition) is 1. The Morgan fingerprint density at radius 3 is 2.63 bits per heavy atom. The quantitative estimate of drug-likeness (QED) is 0.461. The van der Waals surface area contributed by atoms with Crippen LogP contribution in [-0.4, -0.2) is 53.7 Å². The molecule has 198 valence electrons. The minimum absolute atomic E-state index is 0.105. The predicted molar refractivity (Wildman–Crippen MR) is 137 cm³/mol. The minimum atomic E-state index is -4.47. The number of hydrogen-bond acceptors (Lipinski definition) is 5. The third-order valence-corrected chi connectivity index (χ3v) is 6.35. The molecular formula is C27H27F4N6O+. The number of halogens is 4. The van der Waals surface area contributed by atoms with Crippen LogP contribution in [0.15, 0.2) is 64.5 Å². The van der Waals surface area contributed by atoms with E-state index in [1.165, 1.54) is 19.1 Å². The molecule has 1 saturated heterocycles. The zero-order chi connectivity index (χ0) is 32.1. The fourth-order valence-corrected chi connectivity index (χ4v) is 4.41. The van der Waals surface area contributed by atoms with Crippen molar-refractivity contribution in [1.82, 2.24) is 10.3 Å². The predicted octanol–water partition coefficient (Wildman–Crippen LogP) is 4.26. The van der Waals surface area contributed by atoms with E-state index in [0.717, 1.165) is 16.8 Å². The Balaban J connectivity index is 1.23. The molecule has 1 amide bonds. The average Bonchev–Trinajstić information content (AvgIpc) is 3.31. The Kier molecular flexibility index (Phi) is 5.05. The Hall–Kier alpha value is -4.02. The lowest BCUT2D eigenvalue weighted by atomic mass is 10.1. The lowest BCUT2D eigenvalue weighted by Gasteiger charge is -2.37. The van der Waals surface area contributed by atoms with E-state index < -0.39 is 54.5 Å². The number of alkyl halides is 3. The number of amides is 1. The Morgan fingerprint density at radius 2 is 1.97 bits per heavy atom. The van der Waals surface area contributed by atoms with Gasteiger partial charge in [0.15, 0.2) is 0 Å². The van der Waals surface area contributed by atoms with Crippen LogP contribution in [0.2, 0.25) is 0 Å². The first-order chi connectivity index (χ1) is 20.6. The number of carbonyl (C=O) groups excluding carboxylic acids is 1. The van der Waals surface area contributed by atoms with Crippen molar-refractivity contribution in [2.75, 3.05) is 36.0 Å². The van der Waals surface area contributed by atoms with E-state index in [9.17, 15) is 18.0 Å². The number of carbonyl (C=O) groups is 1. The molecule has 3 aliphatic heterocycles. The molecule has 0 bridgehead atoms. The fourth-order valence-electron chi connectivity index (χ4n) is 4.41. The van der Waals surface area contributed by atoms with Crippen LogP contribution in [0.3, 0.4) is 0 Å². The highest BCUT2D eigenvalue weighted by atomic mass is 19.4. The number of aliphatic imine (C=N–C) groups is 1. The van der Waals surface area contributed by atoms with Gasteiger partial charge in [0.05, 0.1) is 25.2 Å². The van der Waals surface area contributed by atoms with Crippen LogP contribution >= 0.6 is 0 Å². The van der Waals surface area contributed by atoms with Crippen molar-refractivity contribution in [2.24, 2.45) is 4.99 Å². The number of nitrogens with zero attached hydrogens (tertiary/aromatic N) is 5. The van der Waals surface area contributed by atoms with Crippen LogP contribution in [0.1, 0.15) is 39.5 Å². The Morgan fingerprint density at radius 1 is 1.21 bits per heavy atom. The first-order valence-electron chi connectivity index (χ1n) is 14.8. The molecular weight excluding hydrogens is 500 g/mol. The molecule has 1 aromatic heterocycles. The third kappa shape index (κ3) is 5.18. The molecule has 0 saturated carbocycles. The largest absolute Gasteiger partial charge is 0.417 e. The number of piperazine rings is 1. The maximum atomic E-state index is 15.2. The summed E-state index contributed by atoms with van der Waals surface area (Å²) in [6, 6.07) is 6.18. The molecule has 1 N–H and O–H groups in total. The van der Waals surface area contributed by atoms with E-state index in [1.54, 1.807) is 17.0 Å². The molecule has 2 aromatic rings. The van der Waals surface area contributed by atoms with Gasteiger partial charge in [-0.05, 0) is 47.2 Å². The van der Waals surface area contributed by atoms with Crippen molar-refractivity contribution in [3.05, 3.63) is 76.5 Å². The molecule has 3 aliphatic rings.